The molecule has 150 valence electrons. The molecule has 29 heavy (non-hydrogen) atoms. The van der Waals surface area contributed by atoms with Gasteiger partial charge in [0.2, 0.25) is 0 Å². The number of carbonyl (C=O) groups is 1. The lowest BCUT2D eigenvalue weighted by Gasteiger charge is -2.19. The van der Waals surface area contributed by atoms with Gasteiger partial charge in [0.25, 0.3) is 0 Å². The van der Waals surface area contributed by atoms with Crippen LogP contribution in [0.15, 0.2) is 66.6 Å². The van der Waals surface area contributed by atoms with Gasteiger partial charge in [0, 0.05) is 30.1 Å². The summed E-state index contributed by atoms with van der Waals surface area (Å²) in [7, 11) is 0. The maximum Gasteiger partial charge on any atom is 0.192 e. The molecule has 0 N–H and O–H groups in total. The van der Waals surface area contributed by atoms with Gasteiger partial charge >= 0.3 is 0 Å². The van der Waals surface area contributed by atoms with Gasteiger partial charge in [0.1, 0.15) is 0 Å². The number of hydrogen-bond acceptors (Lipinski definition) is 5. The van der Waals surface area contributed by atoms with Crippen molar-refractivity contribution in [3.8, 4) is 11.4 Å². The van der Waals surface area contributed by atoms with Crippen molar-refractivity contribution in [2.45, 2.75) is 50.1 Å². The summed E-state index contributed by atoms with van der Waals surface area (Å²) in [4.78, 5) is 17.0. The van der Waals surface area contributed by atoms with Gasteiger partial charge < -0.3 is 0 Å². The van der Waals surface area contributed by atoms with Crippen molar-refractivity contribution in [3.05, 3.63) is 72.6 Å². The van der Waals surface area contributed by atoms with E-state index in [9.17, 15) is 4.79 Å². The summed E-state index contributed by atoms with van der Waals surface area (Å²) in [5.41, 5.74) is 2.91. The molecule has 2 aromatic heterocycles. The van der Waals surface area contributed by atoms with Crippen molar-refractivity contribution >= 4 is 17.5 Å². The average Bonchev–Trinajstić information content (AvgIpc) is 3.10. The van der Waals surface area contributed by atoms with E-state index in [1.807, 2.05) is 47.9 Å². The predicted octanol–water partition coefficient (Wildman–Crippen LogP) is 5.19. The fourth-order valence-electron chi connectivity index (χ4n) is 2.96. The zero-order valence-electron chi connectivity index (χ0n) is 17.3. The highest BCUT2D eigenvalue weighted by molar-refractivity contribution is 8.00. The molecule has 0 fully saturated rings. The van der Waals surface area contributed by atoms with Crippen LogP contribution in [0.25, 0.3) is 11.4 Å². The first-order valence-electron chi connectivity index (χ1n) is 9.57. The number of rotatable bonds is 7. The number of aromatic nitrogens is 4. The molecule has 0 spiro atoms. The zero-order chi connectivity index (χ0) is 21.0. The normalized spacial score (nSPS) is 12.6. The first kappa shape index (κ1) is 21.0. The molecule has 6 heteroatoms. The molecule has 3 rings (SSSR count). The van der Waals surface area contributed by atoms with Gasteiger partial charge in [-0.15, -0.1) is 16.8 Å². The molecule has 3 aromatic rings. The molecular formula is C23H26N4OS. The second-order valence-electron chi connectivity index (χ2n) is 7.89. The van der Waals surface area contributed by atoms with Gasteiger partial charge in [-0.1, -0.05) is 62.9 Å². The largest absolute Gasteiger partial charge is 0.298 e. The molecule has 1 aromatic carbocycles. The molecular weight excluding hydrogens is 380 g/mol. The van der Waals surface area contributed by atoms with Crippen LogP contribution in [0.5, 0.6) is 0 Å². The lowest BCUT2D eigenvalue weighted by atomic mass is 9.86. The minimum Gasteiger partial charge on any atom is -0.298 e. The minimum absolute atomic E-state index is 0.0619. The van der Waals surface area contributed by atoms with Gasteiger partial charge in [0.15, 0.2) is 16.8 Å². The van der Waals surface area contributed by atoms with Crippen LogP contribution in [0.1, 0.15) is 43.6 Å². The summed E-state index contributed by atoms with van der Waals surface area (Å²) < 4.78 is 1.97. The number of pyridine rings is 1. The molecule has 0 aliphatic carbocycles. The van der Waals surface area contributed by atoms with Crippen molar-refractivity contribution in [1.29, 1.82) is 0 Å². The highest BCUT2D eigenvalue weighted by Crippen LogP contribution is 2.29. The Labute approximate surface area is 176 Å². The van der Waals surface area contributed by atoms with E-state index in [1.165, 1.54) is 17.3 Å². The Morgan fingerprint density at radius 1 is 1.14 bits per heavy atom. The smallest absolute Gasteiger partial charge is 0.192 e. The number of carbonyl (C=O) groups excluding carboxylic acids is 1. The van der Waals surface area contributed by atoms with Crippen LogP contribution in [-0.4, -0.2) is 30.8 Å². The van der Waals surface area contributed by atoms with Gasteiger partial charge in [-0.2, -0.15) is 0 Å². The maximum atomic E-state index is 12.9. The molecule has 2 heterocycles. The Bertz CT molecular complexity index is 988. The third-order valence-corrected chi connectivity index (χ3v) is 5.73. The highest BCUT2D eigenvalue weighted by Gasteiger charge is 2.22. The van der Waals surface area contributed by atoms with Gasteiger partial charge in [0.05, 0.1) is 5.25 Å². The number of benzene rings is 1. The SMILES string of the molecule is C=CCn1c(S[C@H](C)C(=O)c2ccc(C(C)(C)C)cc2)nnc1-c1ccncc1. The van der Waals surface area contributed by atoms with Crippen molar-refractivity contribution in [2.75, 3.05) is 0 Å². The molecule has 0 amide bonds. The summed E-state index contributed by atoms with van der Waals surface area (Å²) in [6, 6.07) is 11.7. The van der Waals surface area contributed by atoms with Crippen LogP contribution in [0.4, 0.5) is 0 Å². The van der Waals surface area contributed by atoms with Gasteiger partial charge in [-0.3, -0.25) is 14.3 Å². The third-order valence-electron chi connectivity index (χ3n) is 4.65. The van der Waals surface area contributed by atoms with E-state index in [0.717, 1.165) is 11.4 Å². The average molecular weight is 407 g/mol. The Balaban J connectivity index is 1.81. The Hall–Kier alpha value is -2.73. The number of Topliss-reactive ketones (excluding diaryl/α,β-unsaturated/α-hetero) is 1. The maximum absolute atomic E-state index is 12.9. The number of nitrogens with zero attached hydrogens (tertiary/aromatic N) is 4. The Morgan fingerprint density at radius 3 is 2.38 bits per heavy atom. The molecule has 0 aliphatic rings. The standard InChI is InChI=1S/C23H26N4OS/c1-6-15-27-21(18-11-13-24-14-12-18)25-26-22(27)29-16(2)20(28)17-7-9-19(10-8-17)23(3,4)5/h6-14,16H,1,15H2,2-5H3/t16-/m1/s1. The van der Waals surface area contributed by atoms with Crippen LogP contribution >= 0.6 is 11.8 Å². The summed E-state index contributed by atoms with van der Waals surface area (Å²) in [5.74, 6) is 0.818. The first-order valence-corrected chi connectivity index (χ1v) is 10.4. The van der Waals surface area contributed by atoms with E-state index >= 15 is 0 Å². The van der Waals surface area contributed by atoms with Crippen LogP contribution in [-0.2, 0) is 12.0 Å². The van der Waals surface area contributed by atoms with E-state index in [0.29, 0.717) is 17.3 Å². The fraction of sp³-hybridized carbons (Fsp3) is 0.304. The van der Waals surface area contributed by atoms with E-state index in [-0.39, 0.29) is 16.4 Å². The number of allylic oxidation sites excluding steroid dienone is 1. The second kappa shape index (κ2) is 8.74. The predicted molar refractivity (Wildman–Crippen MR) is 118 cm³/mol. The van der Waals surface area contributed by atoms with Crippen LogP contribution in [0.2, 0.25) is 0 Å². The molecule has 0 radical (unpaired) electrons. The van der Waals surface area contributed by atoms with Crippen LogP contribution in [0, 0.1) is 0 Å². The van der Waals surface area contributed by atoms with E-state index in [1.54, 1.807) is 18.5 Å². The topological polar surface area (TPSA) is 60.7 Å². The number of thioether (sulfide) groups is 1. The Morgan fingerprint density at radius 2 is 1.79 bits per heavy atom. The second-order valence-corrected chi connectivity index (χ2v) is 9.20. The van der Waals surface area contributed by atoms with Crippen molar-refractivity contribution < 1.29 is 4.79 Å². The molecule has 1 atom stereocenters. The lowest BCUT2D eigenvalue weighted by Crippen LogP contribution is -2.16. The summed E-state index contributed by atoms with van der Waals surface area (Å²) in [5, 5.41) is 9.08. The van der Waals surface area contributed by atoms with Crippen LogP contribution < -0.4 is 0 Å². The van der Waals surface area contributed by atoms with Crippen molar-refractivity contribution in [2.24, 2.45) is 0 Å². The minimum atomic E-state index is -0.284. The molecule has 0 saturated heterocycles. The summed E-state index contributed by atoms with van der Waals surface area (Å²) in [6.45, 7) is 12.8. The molecule has 0 bridgehead atoms. The quantitative estimate of drug-likeness (QED) is 0.307. The van der Waals surface area contributed by atoms with Gasteiger partial charge in [-0.05, 0) is 30.0 Å². The van der Waals surface area contributed by atoms with E-state index < -0.39 is 0 Å². The van der Waals surface area contributed by atoms with E-state index in [2.05, 4.69) is 42.5 Å². The van der Waals surface area contributed by atoms with E-state index in [4.69, 9.17) is 0 Å². The number of hydrogen-bond donors (Lipinski definition) is 0. The molecule has 0 aliphatic heterocycles. The molecule has 0 unspecified atom stereocenters. The molecule has 0 saturated carbocycles. The zero-order valence-corrected chi connectivity index (χ0v) is 18.1. The first-order chi connectivity index (χ1) is 13.8. The van der Waals surface area contributed by atoms with Crippen molar-refractivity contribution in [1.82, 2.24) is 19.7 Å². The molecule has 5 nitrogen and oxygen atoms in total. The van der Waals surface area contributed by atoms with Crippen LogP contribution in [0.3, 0.4) is 0 Å². The third kappa shape index (κ3) is 4.82. The summed E-state index contributed by atoms with van der Waals surface area (Å²) in [6.07, 6.45) is 5.25. The monoisotopic (exact) mass is 406 g/mol. The lowest BCUT2D eigenvalue weighted by molar-refractivity contribution is 0.0994. The highest BCUT2D eigenvalue weighted by atomic mass is 32.2. The Kier molecular flexibility index (Phi) is 6.33. The van der Waals surface area contributed by atoms with Crippen molar-refractivity contribution in [3.63, 3.8) is 0 Å². The number of ketones is 1. The fourth-order valence-corrected chi connectivity index (χ4v) is 3.90. The summed E-state index contributed by atoms with van der Waals surface area (Å²) >= 11 is 1.41. The van der Waals surface area contributed by atoms with Gasteiger partial charge in [-0.25, -0.2) is 0 Å².